The first-order chi connectivity index (χ1) is 4.74. The standard InChI is InChI=1S/C8H17NO/c1-6(5-10)9-7(2)8-3-4-8/h6-10H,3-5H2,1-2H3. The van der Waals surface area contributed by atoms with Crippen LogP contribution in [-0.2, 0) is 0 Å². The summed E-state index contributed by atoms with van der Waals surface area (Å²) in [6, 6.07) is 0.859. The van der Waals surface area contributed by atoms with Crippen molar-refractivity contribution in [1.29, 1.82) is 0 Å². The molecule has 1 fully saturated rings. The molecule has 0 saturated heterocycles. The molecule has 1 rings (SSSR count). The Labute approximate surface area is 62.6 Å². The van der Waals surface area contributed by atoms with Gasteiger partial charge in [-0.05, 0) is 32.6 Å². The van der Waals surface area contributed by atoms with Gasteiger partial charge in [0.1, 0.15) is 0 Å². The molecular formula is C8H17NO. The molecule has 0 amide bonds. The lowest BCUT2D eigenvalue weighted by Crippen LogP contribution is -2.37. The third-order valence-electron chi connectivity index (χ3n) is 2.15. The molecule has 0 aromatic rings. The minimum Gasteiger partial charge on any atom is -0.395 e. The third-order valence-corrected chi connectivity index (χ3v) is 2.15. The number of hydrogen-bond acceptors (Lipinski definition) is 2. The van der Waals surface area contributed by atoms with E-state index in [2.05, 4.69) is 12.2 Å². The maximum absolute atomic E-state index is 8.72. The lowest BCUT2D eigenvalue weighted by molar-refractivity contribution is 0.239. The van der Waals surface area contributed by atoms with Crippen molar-refractivity contribution < 1.29 is 5.11 Å². The maximum Gasteiger partial charge on any atom is 0.0582 e. The van der Waals surface area contributed by atoms with Gasteiger partial charge in [-0.15, -0.1) is 0 Å². The van der Waals surface area contributed by atoms with Gasteiger partial charge in [0.2, 0.25) is 0 Å². The summed E-state index contributed by atoms with van der Waals surface area (Å²) in [6.45, 7) is 4.46. The zero-order valence-electron chi connectivity index (χ0n) is 6.80. The van der Waals surface area contributed by atoms with E-state index >= 15 is 0 Å². The van der Waals surface area contributed by atoms with Crippen molar-refractivity contribution in [2.45, 2.75) is 38.8 Å². The SMILES string of the molecule is CC(CO)NC(C)C1CC1. The van der Waals surface area contributed by atoms with Gasteiger partial charge in [0, 0.05) is 12.1 Å². The monoisotopic (exact) mass is 143 g/mol. The highest BCUT2D eigenvalue weighted by Gasteiger charge is 2.28. The Morgan fingerprint density at radius 2 is 2.10 bits per heavy atom. The van der Waals surface area contributed by atoms with Gasteiger partial charge < -0.3 is 10.4 Å². The van der Waals surface area contributed by atoms with Gasteiger partial charge in [-0.3, -0.25) is 0 Å². The number of aliphatic hydroxyl groups excluding tert-OH is 1. The van der Waals surface area contributed by atoms with Gasteiger partial charge in [-0.2, -0.15) is 0 Å². The van der Waals surface area contributed by atoms with Crippen LogP contribution in [0.3, 0.4) is 0 Å². The molecule has 1 aliphatic carbocycles. The molecule has 10 heavy (non-hydrogen) atoms. The smallest absolute Gasteiger partial charge is 0.0582 e. The van der Waals surface area contributed by atoms with Crippen molar-refractivity contribution in [3.05, 3.63) is 0 Å². The molecule has 2 atom stereocenters. The number of nitrogens with one attached hydrogen (secondary N) is 1. The van der Waals surface area contributed by atoms with Crippen LogP contribution in [0, 0.1) is 5.92 Å². The molecule has 0 radical (unpaired) electrons. The van der Waals surface area contributed by atoms with Gasteiger partial charge >= 0.3 is 0 Å². The second-order valence-electron chi connectivity index (χ2n) is 3.38. The molecule has 2 N–H and O–H groups in total. The maximum atomic E-state index is 8.72. The fourth-order valence-electron chi connectivity index (χ4n) is 1.23. The molecule has 0 aromatic carbocycles. The summed E-state index contributed by atoms with van der Waals surface area (Å²) >= 11 is 0. The van der Waals surface area contributed by atoms with Gasteiger partial charge in [0.15, 0.2) is 0 Å². The van der Waals surface area contributed by atoms with E-state index in [-0.39, 0.29) is 12.6 Å². The topological polar surface area (TPSA) is 32.3 Å². The van der Waals surface area contributed by atoms with Crippen LogP contribution in [0.15, 0.2) is 0 Å². The van der Waals surface area contributed by atoms with Crippen LogP contribution in [0.25, 0.3) is 0 Å². The second-order valence-corrected chi connectivity index (χ2v) is 3.38. The van der Waals surface area contributed by atoms with Crippen LogP contribution in [0.1, 0.15) is 26.7 Å². The minimum atomic E-state index is 0.247. The van der Waals surface area contributed by atoms with Crippen LogP contribution in [-0.4, -0.2) is 23.8 Å². The number of hydrogen-bond donors (Lipinski definition) is 2. The first kappa shape index (κ1) is 8.02. The zero-order valence-corrected chi connectivity index (χ0v) is 6.80. The summed E-state index contributed by atoms with van der Waals surface area (Å²) < 4.78 is 0. The highest BCUT2D eigenvalue weighted by molar-refractivity contribution is 4.84. The molecule has 0 aliphatic heterocycles. The van der Waals surface area contributed by atoms with E-state index in [9.17, 15) is 0 Å². The van der Waals surface area contributed by atoms with Gasteiger partial charge in [-0.25, -0.2) is 0 Å². The van der Waals surface area contributed by atoms with Crippen molar-refractivity contribution >= 4 is 0 Å². The van der Waals surface area contributed by atoms with Gasteiger partial charge in [0.05, 0.1) is 6.61 Å². The van der Waals surface area contributed by atoms with E-state index < -0.39 is 0 Å². The van der Waals surface area contributed by atoms with Crippen LogP contribution >= 0.6 is 0 Å². The van der Waals surface area contributed by atoms with Crippen LogP contribution < -0.4 is 5.32 Å². The van der Waals surface area contributed by atoms with Crippen molar-refractivity contribution in [2.24, 2.45) is 5.92 Å². The van der Waals surface area contributed by atoms with Crippen molar-refractivity contribution in [1.82, 2.24) is 5.32 Å². The zero-order chi connectivity index (χ0) is 7.56. The second kappa shape index (κ2) is 3.35. The largest absolute Gasteiger partial charge is 0.395 e. The summed E-state index contributed by atoms with van der Waals surface area (Å²) in [7, 11) is 0. The Morgan fingerprint density at radius 3 is 2.50 bits per heavy atom. The van der Waals surface area contributed by atoms with E-state index in [4.69, 9.17) is 5.11 Å². The predicted molar refractivity (Wildman–Crippen MR) is 41.9 cm³/mol. The van der Waals surface area contributed by atoms with E-state index in [1.165, 1.54) is 12.8 Å². The Bertz CT molecular complexity index is 101. The molecule has 0 heterocycles. The fraction of sp³-hybridized carbons (Fsp3) is 1.00. The Hall–Kier alpha value is -0.0800. The quantitative estimate of drug-likeness (QED) is 0.609. The summed E-state index contributed by atoms with van der Waals surface area (Å²) in [4.78, 5) is 0. The van der Waals surface area contributed by atoms with Crippen LogP contribution in [0.5, 0.6) is 0 Å². The lowest BCUT2D eigenvalue weighted by Gasteiger charge is -2.17. The van der Waals surface area contributed by atoms with Crippen molar-refractivity contribution in [2.75, 3.05) is 6.61 Å². The third kappa shape index (κ3) is 2.27. The average Bonchev–Trinajstić information content (AvgIpc) is 2.68. The van der Waals surface area contributed by atoms with Crippen molar-refractivity contribution in [3.8, 4) is 0 Å². The molecule has 2 heteroatoms. The van der Waals surface area contributed by atoms with Crippen LogP contribution in [0.4, 0.5) is 0 Å². The molecule has 1 aliphatic rings. The number of aliphatic hydroxyl groups is 1. The molecule has 2 nitrogen and oxygen atoms in total. The first-order valence-corrected chi connectivity index (χ1v) is 4.11. The van der Waals surface area contributed by atoms with E-state index in [0.29, 0.717) is 6.04 Å². The Balaban J connectivity index is 2.10. The first-order valence-electron chi connectivity index (χ1n) is 4.11. The summed E-state index contributed by atoms with van der Waals surface area (Å²) in [5, 5.41) is 12.1. The predicted octanol–water partition coefficient (Wildman–Crippen LogP) is 0.755. The van der Waals surface area contributed by atoms with Gasteiger partial charge in [0.25, 0.3) is 0 Å². The molecule has 2 unspecified atom stereocenters. The van der Waals surface area contributed by atoms with Crippen molar-refractivity contribution in [3.63, 3.8) is 0 Å². The summed E-state index contributed by atoms with van der Waals surface area (Å²) in [5.74, 6) is 0.883. The summed E-state index contributed by atoms with van der Waals surface area (Å²) in [5.41, 5.74) is 0. The molecule has 0 aromatic heterocycles. The molecular weight excluding hydrogens is 126 g/mol. The Kier molecular flexibility index (Phi) is 2.69. The molecule has 0 spiro atoms. The van der Waals surface area contributed by atoms with Crippen LogP contribution in [0.2, 0.25) is 0 Å². The highest BCUT2D eigenvalue weighted by atomic mass is 16.3. The fourth-order valence-corrected chi connectivity index (χ4v) is 1.23. The highest BCUT2D eigenvalue weighted by Crippen LogP contribution is 2.32. The normalized spacial score (nSPS) is 24.3. The van der Waals surface area contributed by atoms with Gasteiger partial charge in [-0.1, -0.05) is 0 Å². The minimum absolute atomic E-state index is 0.247. The molecule has 60 valence electrons. The van der Waals surface area contributed by atoms with E-state index in [1.807, 2.05) is 6.92 Å². The number of rotatable bonds is 4. The molecule has 1 saturated carbocycles. The average molecular weight is 143 g/mol. The lowest BCUT2D eigenvalue weighted by atomic mass is 10.2. The molecule has 0 bridgehead atoms. The Morgan fingerprint density at radius 1 is 1.50 bits per heavy atom. The van der Waals surface area contributed by atoms with E-state index in [1.54, 1.807) is 0 Å². The summed E-state index contributed by atoms with van der Waals surface area (Å²) in [6.07, 6.45) is 2.73. The van der Waals surface area contributed by atoms with E-state index in [0.717, 1.165) is 5.92 Å².